The molecule has 1 saturated carbocycles. The molecule has 2 fully saturated rings. The zero-order valence-corrected chi connectivity index (χ0v) is 10.5. The number of benzene rings is 1. The Morgan fingerprint density at radius 2 is 2.00 bits per heavy atom. The van der Waals surface area contributed by atoms with Crippen LogP contribution >= 0.6 is 0 Å². The lowest BCUT2D eigenvalue weighted by Gasteiger charge is -2.22. The van der Waals surface area contributed by atoms with E-state index in [2.05, 4.69) is 5.32 Å². The Morgan fingerprint density at radius 1 is 1.28 bits per heavy atom. The maximum atomic E-state index is 12.0. The van der Waals surface area contributed by atoms with E-state index < -0.39 is 0 Å². The highest BCUT2D eigenvalue weighted by molar-refractivity contribution is 5.77. The molecule has 1 aromatic carbocycles. The van der Waals surface area contributed by atoms with Crippen LogP contribution in [-0.4, -0.2) is 19.1 Å². The van der Waals surface area contributed by atoms with Gasteiger partial charge in [0, 0.05) is 0 Å². The van der Waals surface area contributed by atoms with Gasteiger partial charge in [0.15, 0.2) is 0 Å². The van der Waals surface area contributed by atoms with Crippen LogP contribution in [0.4, 0.5) is 0 Å². The summed E-state index contributed by atoms with van der Waals surface area (Å²) in [6.45, 7) is 2.50. The van der Waals surface area contributed by atoms with Crippen LogP contribution in [0.25, 0.3) is 0 Å². The Hall–Kier alpha value is -1.35. The predicted octanol–water partition coefficient (Wildman–Crippen LogP) is 2.12. The van der Waals surface area contributed by atoms with Crippen LogP contribution in [-0.2, 0) is 16.1 Å². The van der Waals surface area contributed by atoms with Gasteiger partial charge in [-0.15, -0.1) is 0 Å². The first-order valence-electron chi connectivity index (χ1n) is 6.71. The van der Waals surface area contributed by atoms with E-state index in [-0.39, 0.29) is 17.3 Å². The third-order valence-electron chi connectivity index (χ3n) is 4.30. The number of rotatable bonds is 3. The molecular formula is C15H19NO2. The molecule has 1 aromatic rings. The van der Waals surface area contributed by atoms with E-state index >= 15 is 0 Å². The van der Waals surface area contributed by atoms with Gasteiger partial charge in [-0.05, 0) is 43.3 Å². The zero-order valence-electron chi connectivity index (χ0n) is 10.5. The van der Waals surface area contributed by atoms with Gasteiger partial charge in [-0.2, -0.15) is 0 Å². The number of esters is 1. The fourth-order valence-electron chi connectivity index (χ4n) is 2.99. The van der Waals surface area contributed by atoms with Gasteiger partial charge in [-0.1, -0.05) is 30.3 Å². The summed E-state index contributed by atoms with van der Waals surface area (Å²) in [5.41, 5.74) is 1.34. The molecule has 96 valence electrons. The highest BCUT2D eigenvalue weighted by atomic mass is 16.5. The molecule has 0 aromatic heterocycles. The molecule has 3 rings (SSSR count). The molecule has 1 saturated heterocycles. The van der Waals surface area contributed by atoms with Crippen molar-refractivity contribution in [2.75, 3.05) is 13.1 Å². The standard InChI is InChI=1S/C15H19NO2/c17-14(18-11-12-4-2-1-3-5-12)13-10-15(13)6-8-16-9-7-15/h1-5,13,16H,6-11H2. The van der Waals surface area contributed by atoms with Crippen LogP contribution in [0.1, 0.15) is 24.8 Å². The van der Waals surface area contributed by atoms with Gasteiger partial charge >= 0.3 is 5.97 Å². The van der Waals surface area contributed by atoms with E-state index in [1.54, 1.807) is 0 Å². The van der Waals surface area contributed by atoms with Crippen molar-refractivity contribution in [3.05, 3.63) is 35.9 Å². The summed E-state index contributed by atoms with van der Waals surface area (Å²) in [5.74, 6) is 0.157. The normalized spacial score (nSPS) is 24.8. The number of hydrogen-bond acceptors (Lipinski definition) is 3. The minimum atomic E-state index is 0.000697. The predicted molar refractivity (Wildman–Crippen MR) is 68.9 cm³/mol. The van der Waals surface area contributed by atoms with Crippen LogP contribution in [0, 0.1) is 11.3 Å². The fourth-order valence-corrected chi connectivity index (χ4v) is 2.99. The number of hydrogen-bond donors (Lipinski definition) is 1. The second kappa shape index (κ2) is 4.73. The lowest BCUT2D eigenvalue weighted by atomic mass is 9.92. The highest BCUT2D eigenvalue weighted by Gasteiger charge is 2.58. The number of carbonyl (C=O) groups excluding carboxylic acids is 1. The van der Waals surface area contributed by atoms with Crippen molar-refractivity contribution < 1.29 is 9.53 Å². The van der Waals surface area contributed by atoms with E-state index in [0.29, 0.717) is 6.61 Å². The van der Waals surface area contributed by atoms with E-state index in [1.165, 1.54) is 0 Å². The first kappa shape index (κ1) is 11.7. The molecule has 2 aliphatic rings. The summed E-state index contributed by atoms with van der Waals surface area (Å²) in [6.07, 6.45) is 3.28. The Morgan fingerprint density at radius 3 is 2.72 bits per heavy atom. The van der Waals surface area contributed by atoms with E-state index in [9.17, 15) is 4.79 Å². The van der Waals surface area contributed by atoms with Crippen LogP contribution < -0.4 is 5.32 Å². The minimum absolute atomic E-state index is 0.000697. The second-order valence-corrected chi connectivity index (χ2v) is 5.46. The lowest BCUT2D eigenvalue weighted by molar-refractivity contribution is -0.147. The van der Waals surface area contributed by atoms with Crippen molar-refractivity contribution >= 4 is 5.97 Å². The molecule has 3 heteroatoms. The summed E-state index contributed by atoms with van der Waals surface area (Å²) >= 11 is 0. The Kier molecular flexibility index (Phi) is 3.08. The molecule has 1 atom stereocenters. The number of piperidine rings is 1. The van der Waals surface area contributed by atoms with E-state index in [0.717, 1.165) is 37.9 Å². The minimum Gasteiger partial charge on any atom is -0.461 e. The molecule has 1 aliphatic carbocycles. The summed E-state index contributed by atoms with van der Waals surface area (Å²) in [4.78, 5) is 12.0. The molecule has 0 bridgehead atoms. The van der Waals surface area contributed by atoms with Crippen molar-refractivity contribution in [1.82, 2.24) is 5.32 Å². The summed E-state index contributed by atoms with van der Waals surface area (Å²) in [5, 5.41) is 3.35. The van der Waals surface area contributed by atoms with Gasteiger partial charge < -0.3 is 10.1 Å². The van der Waals surface area contributed by atoms with Crippen LogP contribution in [0.2, 0.25) is 0 Å². The average molecular weight is 245 g/mol. The average Bonchev–Trinajstić information content (AvgIpc) is 3.12. The summed E-state index contributed by atoms with van der Waals surface area (Å²) < 4.78 is 5.42. The largest absolute Gasteiger partial charge is 0.461 e. The smallest absolute Gasteiger partial charge is 0.309 e. The first-order valence-corrected chi connectivity index (χ1v) is 6.71. The second-order valence-electron chi connectivity index (χ2n) is 5.46. The molecule has 1 aliphatic heterocycles. The SMILES string of the molecule is O=C(OCc1ccccc1)C1CC12CCNCC2. The number of ether oxygens (including phenoxy) is 1. The molecule has 1 unspecified atom stereocenters. The van der Waals surface area contributed by atoms with Crippen LogP contribution in [0.15, 0.2) is 30.3 Å². The highest BCUT2D eigenvalue weighted by Crippen LogP contribution is 2.59. The summed E-state index contributed by atoms with van der Waals surface area (Å²) in [7, 11) is 0. The Labute approximate surface area is 108 Å². The third-order valence-corrected chi connectivity index (χ3v) is 4.30. The molecule has 18 heavy (non-hydrogen) atoms. The van der Waals surface area contributed by atoms with Gasteiger partial charge in [0.25, 0.3) is 0 Å². The third kappa shape index (κ3) is 2.27. The van der Waals surface area contributed by atoms with Gasteiger partial charge in [-0.25, -0.2) is 0 Å². The molecule has 1 heterocycles. The Balaban J connectivity index is 1.51. The van der Waals surface area contributed by atoms with Gasteiger partial charge in [0.05, 0.1) is 5.92 Å². The molecular weight excluding hydrogens is 226 g/mol. The van der Waals surface area contributed by atoms with Crippen molar-refractivity contribution in [1.29, 1.82) is 0 Å². The maximum absolute atomic E-state index is 12.0. The van der Waals surface area contributed by atoms with Crippen molar-refractivity contribution in [2.45, 2.75) is 25.9 Å². The molecule has 1 spiro atoms. The van der Waals surface area contributed by atoms with Gasteiger partial charge in [0.1, 0.15) is 6.61 Å². The quantitative estimate of drug-likeness (QED) is 0.829. The van der Waals surface area contributed by atoms with E-state index in [4.69, 9.17) is 4.74 Å². The molecule has 0 amide bonds. The van der Waals surface area contributed by atoms with Crippen molar-refractivity contribution in [3.8, 4) is 0 Å². The first-order chi connectivity index (χ1) is 8.80. The monoisotopic (exact) mass is 245 g/mol. The molecule has 1 N–H and O–H groups in total. The topological polar surface area (TPSA) is 38.3 Å². The van der Waals surface area contributed by atoms with Crippen molar-refractivity contribution in [3.63, 3.8) is 0 Å². The maximum Gasteiger partial charge on any atom is 0.309 e. The Bertz CT molecular complexity index is 423. The van der Waals surface area contributed by atoms with Gasteiger partial charge in [-0.3, -0.25) is 4.79 Å². The molecule has 3 nitrogen and oxygen atoms in total. The fraction of sp³-hybridized carbons (Fsp3) is 0.533. The summed E-state index contributed by atoms with van der Waals surface area (Å²) in [6, 6.07) is 9.88. The van der Waals surface area contributed by atoms with Crippen molar-refractivity contribution in [2.24, 2.45) is 11.3 Å². The number of nitrogens with one attached hydrogen (secondary N) is 1. The number of carbonyl (C=O) groups is 1. The zero-order chi connectivity index (χ0) is 12.4. The van der Waals surface area contributed by atoms with E-state index in [1.807, 2.05) is 30.3 Å². The van der Waals surface area contributed by atoms with Crippen LogP contribution in [0.3, 0.4) is 0 Å². The molecule has 0 radical (unpaired) electrons. The van der Waals surface area contributed by atoms with Gasteiger partial charge in [0.2, 0.25) is 0 Å². The van der Waals surface area contributed by atoms with Crippen LogP contribution in [0.5, 0.6) is 0 Å². The lowest BCUT2D eigenvalue weighted by Crippen LogP contribution is -2.31.